The molecule has 0 radical (unpaired) electrons. The number of furan rings is 2. The Balaban J connectivity index is 0.826. The van der Waals surface area contributed by atoms with Gasteiger partial charge in [0.2, 0.25) is 0 Å². The van der Waals surface area contributed by atoms with Crippen molar-refractivity contribution < 1.29 is 8.83 Å². The molecule has 4 heterocycles. The predicted molar refractivity (Wildman–Crippen MR) is 281 cm³/mol. The van der Waals surface area contributed by atoms with E-state index in [4.69, 9.17) is 23.8 Å². The number of benzene rings is 10. The van der Waals surface area contributed by atoms with Crippen molar-refractivity contribution in [3.05, 3.63) is 231 Å². The summed E-state index contributed by atoms with van der Waals surface area (Å²) in [5, 5.41) is 6.64. The van der Waals surface area contributed by atoms with Crippen molar-refractivity contribution in [1.29, 1.82) is 0 Å². The maximum Gasteiger partial charge on any atom is 0.164 e. The Kier molecular flexibility index (Phi) is 8.79. The highest BCUT2D eigenvalue weighted by Crippen LogP contribution is 2.40. The summed E-state index contributed by atoms with van der Waals surface area (Å²) in [4.78, 5) is 15.0. The lowest BCUT2D eigenvalue weighted by Gasteiger charge is -2.09. The van der Waals surface area contributed by atoms with Gasteiger partial charge in [0.15, 0.2) is 17.5 Å². The molecule has 0 N–H and O–H groups in total. The molecule has 322 valence electrons. The van der Waals surface area contributed by atoms with Gasteiger partial charge in [-0.25, -0.2) is 15.0 Å². The van der Waals surface area contributed by atoms with E-state index in [-0.39, 0.29) is 0 Å². The number of para-hydroxylation sites is 1. The fourth-order valence-corrected chi connectivity index (χ4v) is 10.0. The SMILES string of the molecule is c1ccc(-c2ccc(-c3nc(-c4ccccc4)nc(-c4ccc5c(c4)oc4cc(-c6ccc7oc8ccc(-n9c%10ccccc%10c%10cc(-c%11ccccc%11)ccc%109)cc8c7c6)ccc45)n3)cc2)cc1. The van der Waals surface area contributed by atoms with Crippen LogP contribution in [0.25, 0.3) is 139 Å². The maximum absolute atomic E-state index is 6.67. The van der Waals surface area contributed by atoms with Crippen LogP contribution in [0.15, 0.2) is 239 Å². The van der Waals surface area contributed by atoms with E-state index in [0.29, 0.717) is 17.5 Å². The minimum Gasteiger partial charge on any atom is -0.456 e. The smallest absolute Gasteiger partial charge is 0.164 e. The van der Waals surface area contributed by atoms with E-state index in [2.05, 4.69) is 193 Å². The van der Waals surface area contributed by atoms with Crippen LogP contribution in [0.3, 0.4) is 0 Å². The maximum atomic E-state index is 6.67. The average Bonchev–Trinajstić information content (AvgIpc) is 4.09. The molecule has 0 bridgehead atoms. The van der Waals surface area contributed by atoms with Crippen LogP contribution in [-0.4, -0.2) is 19.5 Å². The van der Waals surface area contributed by atoms with Crippen LogP contribution in [0.5, 0.6) is 0 Å². The van der Waals surface area contributed by atoms with E-state index in [1.165, 1.54) is 21.9 Å². The molecule has 6 nitrogen and oxygen atoms in total. The van der Waals surface area contributed by atoms with Crippen molar-refractivity contribution in [3.63, 3.8) is 0 Å². The number of rotatable bonds is 7. The zero-order valence-corrected chi connectivity index (χ0v) is 37.0. The zero-order valence-electron chi connectivity index (χ0n) is 37.0. The molecule has 69 heavy (non-hydrogen) atoms. The van der Waals surface area contributed by atoms with E-state index in [0.717, 1.165) is 99.5 Å². The summed E-state index contributed by atoms with van der Waals surface area (Å²) < 4.78 is 15.5. The number of hydrogen-bond acceptors (Lipinski definition) is 5. The molecule has 0 amide bonds. The van der Waals surface area contributed by atoms with Gasteiger partial charge in [0.1, 0.15) is 22.3 Å². The molecule has 0 aliphatic rings. The molecular formula is C63H38N4O2. The summed E-state index contributed by atoms with van der Waals surface area (Å²) in [6.07, 6.45) is 0. The molecule has 0 spiro atoms. The van der Waals surface area contributed by atoms with E-state index in [9.17, 15) is 0 Å². The summed E-state index contributed by atoms with van der Waals surface area (Å²) >= 11 is 0. The first kappa shape index (κ1) is 38.8. The Morgan fingerprint density at radius 3 is 1.38 bits per heavy atom. The highest BCUT2D eigenvalue weighted by atomic mass is 16.3. The fraction of sp³-hybridized carbons (Fsp3) is 0. The molecule has 0 aliphatic heterocycles. The van der Waals surface area contributed by atoms with Crippen LogP contribution in [-0.2, 0) is 0 Å². The van der Waals surface area contributed by atoms with Crippen LogP contribution in [0.4, 0.5) is 0 Å². The van der Waals surface area contributed by atoms with Crippen molar-refractivity contribution in [2.45, 2.75) is 0 Å². The van der Waals surface area contributed by atoms with Crippen molar-refractivity contribution in [1.82, 2.24) is 19.5 Å². The average molecular weight is 883 g/mol. The van der Waals surface area contributed by atoms with Crippen molar-refractivity contribution >= 4 is 65.7 Å². The number of fused-ring (bicyclic) bond motifs is 9. The topological polar surface area (TPSA) is 69.9 Å². The molecule has 6 heteroatoms. The monoisotopic (exact) mass is 882 g/mol. The third-order valence-corrected chi connectivity index (χ3v) is 13.5. The lowest BCUT2D eigenvalue weighted by atomic mass is 10.0. The van der Waals surface area contributed by atoms with Gasteiger partial charge >= 0.3 is 0 Å². The predicted octanol–water partition coefficient (Wildman–Crippen LogP) is 16.8. The Labute approximate surface area is 396 Å². The summed E-state index contributed by atoms with van der Waals surface area (Å²) in [5.74, 6) is 1.80. The van der Waals surface area contributed by atoms with Crippen LogP contribution in [0.2, 0.25) is 0 Å². The molecule has 0 atom stereocenters. The summed E-state index contributed by atoms with van der Waals surface area (Å²) in [6.45, 7) is 0. The molecule has 0 unspecified atom stereocenters. The molecule has 0 saturated heterocycles. The lowest BCUT2D eigenvalue weighted by molar-refractivity contribution is 0.669. The van der Waals surface area contributed by atoms with Gasteiger partial charge in [-0.1, -0.05) is 158 Å². The Morgan fingerprint density at radius 2 is 0.667 bits per heavy atom. The minimum atomic E-state index is 0.577. The van der Waals surface area contributed by atoms with Gasteiger partial charge in [-0.2, -0.15) is 0 Å². The molecule has 0 saturated carbocycles. The second kappa shape index (κ2) is 15.6. The fourth-order valence-electron chi connectivity index (χ4n) is 10.0. The van der Waals surface area contributed by atoms with Gasteiger partial charge in [-0.15, -0.1) is 0 Å². The number of nitrogens with zero attached hydrogens (tertiary/aromatic N) is 4. The van der Waals surface area contributed by atoms with E-state index in [1.807, 2.05) is 42.5 Å². The van der Waals surface area contributed by atoms with Crippen LogP contribution >= 0.6 is 0 Å². The molecule has 10 aromatic carbocycles. The van der Waals surface area contributed by atoms with Gasteiger partial charge in [-0.3, -0.25) is 0 Å². The molecule has 4 aromatic heterocycles. The molecular weight excluding hydrogens is 845 g/mol. The zero-order chi connectivity index (χ0) is 45.4. The van der Waals surface area contributed by atoms with E-state index >= 15 is 0 Å². The first-order valence-electron chi connectivity index (χ1n) is 23.1. The first-order chi connectivity index (χ1) is 34.1. The molecule has 14 rings (SSSR count). The van der Waals surface area contributed by atoms with Gasteiger partial charge in [0.05, 0.1) is 11.0 Å². The van der Waals surface area contributed by atoms with Crippen LogP contribution < -0.4 is 0 Å². The van der Waals surface area contributed by atoms with E-state index < -0.39 is 0 Å². The normalized spacial score (nSPS) is 11.8. The van der Waals surface area contributed by atoms with Gasteiger partial charge in [-0.05, 0) is 106 Å². The molecule has 14 aromatic rings. The summed E-state index contributed by atoms with van der Waals surface area (Å²) in [6, 6.07) is 80.5. The second-order valence-corrected chi connectivity index (χ2v) is 17.6. The van der Waals surface area contributed by atoms with E-state index in [1.54, 1.807) is 0 Å². The van der Waals surface area contributed by atoms with Crippen molar-refractivity contribution in [3.8, 4) is 73.2 Å². The largest absolute Gasteiger partial charge is 0.456 e. The standard InChI is InChI=1S/C63H38N4O2/c1-4-12-39(13-5-1)41-20-22-43(23-21-41)62-64-61(42-16-8-3-9-17-42)65-63(66-62)47-25-30-51-50-29-24-46(36-59(50)69-60(51)37-47)45-27-32-57-53(35-45)54-38-48(28-33-58(54)68-57)67-55-19-11-10-18-49(55)52-34-44(26-31-56(52)67)40-14-6-2-7-15-40/h1-38H. The van der Waals surface area contributed by atoms with Crippen molar-refractivity contribution in [2.75, 3.05) is 0 Å². The first-order valence-corrected chi connectivity index (χ1v) is 23.1. The number of aromatic nitrogens is 4. The highest BCUT2D eigenvalue weighted by molar-refractivity contribution is 6.12. The Morgan fingerprint density at radius 1 is 0.246 bits per heavy atom. The Bertz CT molecular complexity index is 4290. The van der Waals surface area contributed by atoms with Crippen LogP contribution in [0.1, 0.15) is 0 Å². The van der Waals surface area contributed by atoms with Gasteiger partial charge in [0, 0.05) is 54.7 Å². The van der Waals surface area contributed by atoms with Gasteiger partial charge in [0.25, 0.3) is 0 Å². The number of hydrogen-bond donors (Lipinski definition) is 0. The highest BCUT2D eigenvalue weighted by Gasteiger charge is 2.18. The lowest BCUT2D eigenvalue weighted by Crippen LogP contribution is -2.00. The third kappa shape index (κ3) is 6.61. The third-order valence-electron chi connectivity index (χ3n) is 13.5. The Hall–Kier alpha value is -9.39. The summed E-state index contributed by atoms with van der Waals surface area (Å²) in [7, 11) is 0. The molecule has 0 aliphatic carbocycles. The molecule has 0 fully saturated rings. The second-order valence-electron chi connectivity index (χ2n) is 17.6. The van der Waals surface area contributed by atoms with Crippen molar-refractivity contribution in [2.24, 2.45) is 0 Å². The van der Waals surface area contributed by atoms with Crippen LogP contribution in [0, 0.1) is 0 Å². The van der Waals surface area contributed by atoms with Gasteiger partial charge < -0.3 is 13.4 Å². The summed E-state index contributed by atoms with van der Waals surface area (Å²) in [5.41, 5.74) is 16.2. The quantitative estimate of drug-likeness (QED) is 0.159. The minimum absolute atomic E-state index is 0.577.